The Bertz CT molecular complexity index is 1070. The zero-order valence-corrected chi connectivity index (χ0v) is 15.7. The smallest absolute Gasteiger partial charge is 0.339 e. The fraction of sp³-hybridized carbons (Fsp3) is 0.200. The van der Waals surface area contributed by atoms with Gasteiger partial charge in [0.25, 0.3) is 0 Å². The summed E-state index contributed by atoms with van der Waals surface area (Å²) >= 11 is 0.997. The van der Waals surface area contributed by atoms with Crippen LogP contribution in [-0.4, -0.2) is 27.8 Å². The zero-order valence-electron chi connectivity index (χ0n) is 14.9. The maximum atomic E-state index is 13.7. The molecule has 2 aromatic heterocycles. The third-order valence-electron chi connectivity index (χ3n) is 4.97. The molecule has 0 fully saturated rings. The minimum absolute atomic E-state index is 0.0113. The van der Waals surface area contributed by atoms with Crippen LogP contribution in [0.15, 0.2) is 47.3 Å². The number of nitrogens with one attached hydrogen (secondary N) is 1. The molecule has 0 radical (unpaired) electrons. The Labute approximate surface area is 164 Å². The van der Waals surface area contributed by atoms with Crippen LogP contribution in [0.1, 0.15) is 50.3 Å². The monoisotopic (exact) mass is 396 g/mol. The number of anilines is 1. The van der Waals surface area contributed by atoms with Gasteiger partial charge in [0, 0.05) is 6.92 Å². The lowest BCUT2D eigenvalue weighted by Gasteiger charge is -2.34. The molecule has 3 aromatic rings. The summed E-state index contributed by atoms with van der Waals surface area (Å²) in [6, 6.07) is 9.25. The summed E-state index contributed by atoms with van der Waals surface area (Å²) in [7, 11) is 0. The molecule has 2 N–H and O–H groups in total. The fourth-order valence-electron chi connectivity index (χ4n) is 3.78. The van der Waals surface area contributed by atoms with Gasteiger partial charge in [-0.25, -0.2) is 9.78 Å². The van der Waals surface area contributed by atoms with E-state index in [1.165, 1.54) is 19.5 Å². The fourth-order valence-corrected chi connectivity index (χ4v) is 5.09. The van der Waals surface area contributed by atoms with Gasteiger partial charge in [-0.2, -0.15) is 0 Å². The molecule has 1 atom stereocenters. The summed E-state index contributed by atoms with van der Waals surface area (Å²) in [6.07, 6.45) is 3.50. The summed E-state index contributed by atoms with van der Waals surface area (Å²) in [6.45, 7) is 1.30. The van der Waals surface area contributed by atoms with Crippen molar-refractivity contribution < 1.29 is 23.9 Å². The quantitative estimate of drug-likeness (QED) is 0.698. The predicted molar refractivity (Wildman–Crippen MR) is 102 cm³/mol. The maximum Gasteiger partial charge on any atom is 0.339 e. The van der Waals surface area contributed by atoms with Crippen LogP contribution in [0, 0.1) is 0 Å². The first-order chi connectivity index (χ1) is 13.4. The van der Waals surface area contributed by atoms with Gasteiger partial charge < -0.3 is 14.8 Å². The lowest BCUT2D eigenvalue weighted by molar-refractivity contribution is -0.114. The molecule has 0 aliphatic heterocycles. The van der Waals surface area contributed by atoms with E-state index in [2.05, 4.69) is 10.3 Å². The first kappa shape index (κ1) is 18.1. The van der Waals surface area contributed by atoms with Crippen LogP contribution >= 0.6 is 11.3 Å². The zero-order chi connectivity index (χ0) is 19.9. The number of fused-ring (bicyclic) bond motifs is 1. The number of carbonyl (C=O) groups is 3. The number of aromatic nitrogens is 1. The van der Waals surface area contributed by atoms with Crippen molar-refractivity contribution in [2.45, 2.75) is 25.2 Å². The summed E-state index contributed by atoms with van der Waals surface area (Å²) in [5.41, 5.74) is 0.118. The van der Waals surface area contributed by atoms with E-state index in [4.69, 9.17) is 4.42 Å². The third kappa shape index (κ3) is 2.65. The minimum atomic E-state index is -1.17. The molecule has 1 unspecified atom stereocenters. The highest BCUT2D eigenvalue weighted by Crippen LogP contribution is 2.48. The Morgan fingerprint density at radius 1 is 1.29 bits per heavy atom. The SMILES string of the molecule is CC(=O)Nc1sc2c(c1C(=O)O)CCC(c1ccccc1)(c1cnco1)C2=O. The Morgan fingerprint density at radius 2 is 2.04 bits per heavy atom. The second-order valence-corrected chi connectivity index (χ2v) is 7.59. The van der Waals surface area contributed by atoms with E-state index in [1.807, 2.05) is 30.3 Å². The number of nitrogens with zero attached hydrogens (tertiary/aromatic N) is 1. The second-order valence-electron chi connectivity index (χ2n) is 6.57. The minimum Gasteiger partial charge on any atom is -0.478 e. The van der Waals surface area contributed by atoms with E-state index in [-0.39, 0.29) is 16.3 Å². The number of benzene rings is 1. The number of carboxylic acid groups (broad SMARTS) is 1. The molecular weight excluding hydrogens is 380 g/mol. The number of carboxylic acids is 1. The number of rotatable bonds is 4. The van der Waals surface area contributed by atoms with E-state index in [0.717, 1.165) is 16.9 Å². The van der Waals surface area contributed by atoms with Gasteiger partial charge in [0.1, 0.15) is 16.2 Å². The number of carbonyl (C=O) groups excluding carboxylic acids is 2. The first-order valence-electron chi connectivity index (χ1n) is 8.61. The molecule has 1 aromatic carbocycles. The van der Waals surface area contributed by atoms with Gasteiger partial charge in [-0.05, 0) is 24.0 Å². The van der Waals surface area contributed by atoms with Crippen LogP contribution in [-0.2, 0) is 16.6 Å². The number of hydrogen-bond acceptors (Lipinski definition) is 6. The molecule has 1 aliphatic rings. The number of amides is 1. The van der Waals surface area contributed by atoms with Crippen molar-refractivity contribution in [3.8, 4) is 0 Å². The number of aromatic carboxylic acids is 1. The average Bonchev–Trinajstić information content (AvgIpc) is 3.31. The largest absolute Gasteiger partial charge is 0.478 e. The lowest BCUT2D eigenvalue weighted by atomic mass is 9.67. The highest BCUT2D eigenvalue weighted by atomic mass is 32.1. The first-order valence-corrected chi connectivity index (χ1v) is 9.42. The van der Waals surface area contributed by atoms with E-state index in [0.29, 0.717) is 29.0 Å². The molecule has 0 saturated heterocycles. The van der Waals surface area contributed by atoms with E-state index >= 15 is 0 Å². The molecule has 0 saturated carbocycles. The van der Waals surface area contributed by atoms with Crippen molar-refractivity contribution >= 4 is 34.0 Å². The van der Waals surface area contributed by atoms with Crippen LogP contribution in [0.5, 0.6) is 0 Å². The number of thiophene rings is 1. The summed E-state index contributed by atoms with van der Waals surface area (Å²) in [5, 5.41) is 12.4. The van der Waals surface area contributed by atoms with Crippen LogP contribution < -0.4 is 5.32 Å². The lowest BCUT2D eigenvalue weighted by Crippen LogP contribution is -2.40. The normalized spacial score (nSPS) is 18.5. The van der Waals surface area contributed by atoms with E-state index in [1.54, 1.807) is 0 Å². The molecule has 8 heteroatoms. The predicted octanol–water partition coefficient (Wildman–Crippen LogP) is 3.51. The molecule has 1 aliphatic carbocycles. The summed E-state index contributed by atoms with van der Waals surface area (Å²) in [4.78, 5) is 41.4. The molecule has 28 heavy (non-hydrogen) atoms. The summed E-state index contributed by atoms with van der Waals surface area (Å²) < 4.78 is 5.55. The van der Waals surface area contributed by atoms with Gasteiger partial charge in [0.05, 0.1) is 16.6 Å². The van der Waals surface area contributed by atoms with Crippen molar-refractivity contribution in [3.63, 3.8) is 0 Å². The molecule has 142 valence electrons. The van der Waals surface area contributed by atoms with Crippen LogP contribution in [0.2, 0.25) is 0 Å². The van der Waals surface area contributed by atoms with Gasteiger partial charge in [-0.1, -0.05) is 30.3 Å². The van der Waals surface area contributed by atoms with Crippen molar-refractivity contribution in [1.29, 1.82) is 0 Å². The van der Waals surface area contributed by atoms with Crippen LogP contribution in [0.25, 0.3) is 0 Å². The number of ketones is 1. The van der Waals surface area contributed by atoms with E-state index in [9.17, 15) is 19.5 Å². The summed E-state index contributed by atoms with van der Waals surface area (Å²) in [5.74, 6) is -1.39. The highest BCUT2D eigenvalue weighted by molar-refractivity contribution is 7.19. The van der Waals surface area contributed by atoms with E-state index < -0.39 is 17.3 Å². The van der Waals surface area contributed by atoms with Crippen molar-refractivity contribution in [1.82, 2.24) is 4.98 Å². The van der Waals surface area contributed by atoms with Gasteiger partial charge in [0.2, 0.25) is 5.91 Å². The Hall–Kier alpha value is -3.26. The van der Waals surface area contributed by atoms with Crippen molar-refractivity contribution in [2.24, 2.45) is 0 Å². The molecule has 0 bridgehead atoms. The van der Waals surface area contributed by atoms with Gasteiger partial charge >= 0.3 is 5.97 Å². The molecule has 4 rings (SSSR count). The Balaban J connectivity index is 1.93. The number of oxazole rings is 1. The van der Waals surface area contributed by atoms with Crippen LogP contribution in [0.3, 0.4) is 0 Å². The third-order valence-corrected chi connectivity index (χ3v) is 6.12. The molecule has 1 amide bonds. The standard InChI is InChI=1S/C20H16N2O5S/c1-11(23)22-18-15(19(25)26)13-7-8-20(14-9-21-10-27-14,17(24)16(13)28-18)12-5-3-2-4-6-12/h2-6,9-10H,7-8H2,1H3,(H,22,23)(H,25,26). The highest BCUT2D eigenvalue weighted by Gasteiger charge is 2.50. The van der Waals surface area contributed by atoms with Gasteiger partial charge in [-0.3, -0.25) is 9.59 Å². The van der Waals surface area contributed by atoms with Crippen LogP contribution in [0.4, 0.5) is 5.00 Å². The molecule has 7 nitrogen and oxygen atoms in total. The topological polar surface area (TPSA) is 110 Å². The molecule has 2 heterocycles. The molecule has 0 spiro atoms. The van der Waals surface area contributed by atoms with Gasteiger partial charge in [-0.15, -0.1) is 11.3 Å². The Kier molecular flexibility index (Phi) is 4.35. The second kappa shape index (κ2) is 6.72. The molecular formula is C20H16N2O5S. The van der Waals surface area contributed by atoms with Crippen molar-refractivity contribution in [2.75, 3.05) is 5.32 Å². The number of Topliss-reactive ketones (excluding diaryl/α,β-unsaturated/α-hetero) is 1. The Morgan fingerprint density at radius 3 is 2.64 bits per heavy atom. The van der Waals surface area contributed by atoms with Gasteiger partial charge in [0.15, 0.2) is 12.2 Å². The number of hydrogen-bond donors (Lipinski definition) is 2. The maximum absolute atomic E-state index is 13.7. The van der Waals surface area contributed by atoms with Crippen molar-refractivity contribution in [3.05, 3.63) is 70.3 Å². The average molecular weight is 396 g/mol.